The maximum Gasteiger partial charge on any atom is 0.217 e. The van der Waals surface area contributed by atoms with Crippen molar-refractivity contribution < 1.29 is 9.53 Å². The molecule has 4 nitrogen and oxygen atoms in total. The minimum absolute atomic E-state index is 0.260. The minimum atomic E-state index is -0.260. The van der Waals surface area contributed by atoms with Crippen molar-refractivity contribution in [1.29, 1.82) is 0 Å². The van der Waals surface area contributed by atoms with Crippen LogP contribution in [-0.2, 0) is 17.8 Å². The van der Waals surface area contributed by atoms with Gasteiger partial charge in [-0.2, -0.15) is 0 Å². The zero-order chi connectivity index (χ0) is 13.0. The molecule has 0 saturated carbocycles. The molecule has 1 aromatic carbocycles. The molecule has 2 rings (SSSR count). The van der Waals surface area contributed by atoms with Crippen LogP contribution in [0.3, 0.4) is 0 Å². The van der Waals surface area contributed by atoms with E-state index in [1.165, 1.54) is 5.56 Å². The van der Waals surface area contributed by atoms with Crippen molar-refractivity contribution in [1.82, 2.24) is 5.32 Å². The maximum atomic E-state index is 10.6. The molecule has 0 spiro atoms. The molecule has 98 valence electrons. The molecule has 1 aliphatic rings. The van der Waals surface area contributed by atoms with E-state index in [0.717, 1.165) is 42.3 Å². The van der Waals surface area contributed by atoms with E-state index in [-0.39, 0.29) is 5.91 Å². The third kappa shape index (κ3) is 3.37. The molecule has 0 saturated heterocycles. The van der Waals surface area contributed by atoms with Gasteiger partial charge in [0, 0.05) is 30.0 Å². The number of amides is 1. The van der Waals surface area contributed by atoms with Crippen molar-refractivity contribution in [2.75, 3.05) is 13.2 Å². The predicted octanol–water partition coefficient (Wildman–Crippen LogP) is 1.63. The zero-order valence-corrected chi connectivity index (χ0v) is 10.9. The number of hydrogen-bond acceptors (Lipinski definition) is 3. The first-order valence-electron chi connectivity index (χ1n) is 6.10. The van der Waals surface area contributed by atoms with Crippen LogP contribution in [0.1, 0.15) is 24.0 Å². The van der Waals surface area contributed by atoms with Crippen LogP contribution in [0.15, 0.2) is 12.1 Å². The van der Waals surface area contributed by atoms with Crippen molar-refractivity contribution >= 4 is 17.5 Å². The van der Waals surface area contributed by atoms with Gasteiger partial charge in [-0.25, -0.2) is 0 Å². The number of nitrogens with one attached hydrogen (secondary N) is 1. The van der Waals surface area contributed by atoms with Crippen molar-refractivity contribution in [3.63, 3.8) is 0 Å². The fourth-order valence-corrected chi connectivity index (χ4v) is 2.35. The number of benzene rings is 1. The highest BCUT2D eigenvalue weighted by Crippen LogP contribution is 2.32. The molecule has 3 N–H and O–H groups in total. The Bertz CT molecular complexity index is 449. The number of nitrogens with two attached hydrogens (primary N) is 1. The first-order valence-corrected chi connectivity index (χ1v) is 6.48. The molecule has 0 unspecified atom stereocenters. The number of fused-ring (bicyclic) bond motifs is 1. The molecule has 1 aromatic rings. The lowest BCUT2D eigenvalue weighted by Crippen LogP contribution is -2.18. The van der Waals surface area contributed by atoms with Crippen molar-refractivity contribution in [3.8, 4) is 5.75 Å². The average molecular weight is 269 g/mol. The summed E-state index contributed by atoms with van der Waals surface area (Å²) in [6.45, 7) is 2.18. The van der Waals surface area contributed by atoms with Gasteiger partial charge in [-0.05, 0) is 30.7 Å². The van der Waals surface area contributed by atoms with Crippen LogP contribution in [0.4, 0.5) is 0 Å². The van der Waals surface area contributed by atoms with Crippen LogP contribution in [-0.4, -0.2) is 19.1 Å². The summed E-state index contributed by atoms with van der Waals surface area (Å²) in [6.07, 6.45) is 2.08. The Morgan fingerprint density at radius 3 is 3.11 bits per heavy atom. The van der Waals surface area contributed by atoms with Crippen LogP contribution in [0.5, 0.6) is 5.75 Å². The highest BCUT2D eigenvalue weighted by Gasteiger charge is 2.17. The fraction of sp³-hybridized carbons (Fsp3) is 0.462. The standard InChI is InChI=1S/C13H17ClN2O2/c14-11-6-9-3-5-18-13(9)10(7-11)8-16-4-1-2-12(15)17/h6-7,16H,1-5,8H2,(H2,15,17). The Hall–Kier alpha value is -1.26. The molecule has 0 atom stereocenters. The van der Waals surface area contributed by atoms with Crippen LogP contribution in [0.2, 0.25) is 5.02 Å². The van der Waals surface area contributed by atoms with E-state index in [1.807, 2.05) is 12.1 Å². The molecule has 0 aliphatic carbocycles. The molecular formula is C13H17ClN2O2. The van der Waals surface area contributed by atoms with Gasteiger partial charge < -0.3 is 15.8 Å². The SMILES string of the molecule is NC(=O)CCCNCc1cc(Cl)cc2c1OCC2. The predicted molar refractivity (Wildman–Crippen MR) is 70.8 cm³/mol. The molecule has 5 heteroatoms. The van der Waals surface area contributed by atoms with Crippen LogP contribution in [0, 0.1) is 0 Å². The Balaban J connectivity index is 1.88. The quantitative estimate of drug-likeness (QED) is 0.771. The summed E-state index contributed by atoms with van der Waals surface area (Å²) < 4.78 is 5.61. The lowest BCUT2D eigenvalue weighted by atomic mass is 10.1. The minimum Gasteiger partial charge on any atom is -0.493 e. The van der Waals surface area contributed by atoms with Crippen LogP contribution < -0.4 is 15.8 Å². The molecular weight excluding hydrogens is 252 g/mol. The van der Waals surface area contributed by atoms with E-state index in [4.69, 9.17) is 22.1 Å². The first kappa shape index (κ1) is 13.2. The number of rotatable bonds is 6. The van der Waals surface area contributed by atoms with Gasteiger partial charge in [0.05, 0.1) is 6.61 Å². The maximum absolute atomic E-state index is 10.6. The van der Waals surface area contributed by atoms with Crippen molar-refractivity contribution in [2.24, 2.45) is 5.73 Å². The Morgan fingerprint density at radius 2 is 2.33 bits per heavy atom. The highest BCUT2D eigenvalue weighted by molar-refractivity contribution is 6.30. The van der Waals surface area contributed by atoms with Gasteiger partial charge in [0.1, 0.15) is 5.75 Å². The Kier molecular flexibility index (Phi) is 4.44. The van der Waals surface area contributed by atoms with E-state index < -0.39 is 0 Å². The van der Waals surface area contributed by atoms with Gasteiger partial charge >= 0.3 is 0 Å². The molecule has 18 heavy (non-hydrogen) atoms. The number of ether oxygens (including phenoxy) is 1. The summed E-state index contributed by atoms with van der Waals surface area (Å²) in [5, 5.41) is 4.01. The van der Waals surface area contributed by atoms with Crippen molar-refractivity contribution in [2.45, 2.75) is 25.8 Å². The normalized spacial score (nSPS) is 13.2. The summed E-state index contributed by atoms with van der Waals surface area (Å²) in [6, 6.07) is 3.88. The van der Waals surface area contributed by atoms with Gasteiger partial charge in [0.15, 0.2) is 0 Å². The monoisotopic (exact) mass is 268 g/mol. The zero-order valence-electron chi connectivity index (χ0n) is 10.2. The van der Waals surface area contributed by atoms with Crippen LogP contribution >= 0.6 is 11.6 Å². The van der Waals surface area contributed by atoms with Gasteiger partial charge in [0.2, 0.25) is 5.91 Å². The molecule has 1 heterocycles. The number of hydrogen-bond donors (Lipinski definition) is 2. The molecule has 0 fully saturated rings. The topological polar surface area (TPSA) is 64.4 Å². The summed E-state index contributed by atoms with van der Waals surface area (Å²) in [5.74, 6) is 0.700. The Labute approximate surface area is 111 Å². The van der Waals surface area contributed by atoms with Crippen molar-refractivity contribution in [3.05, 3.63) is 28.3 Å². The molecule has 0 radical (unpaired) electrons. The van der Waals surface area contributed by atoms with E-state index in [1.54, 1.807) is 0 Å². The third-order valence-corrected chi connectivity index (χ3v) is 3.14. The number of carbonyl (C=O) groups excluding carboxylic acids is 1. The lowest BCUT2D eigenvalue weighted by Gasteiger charge is -2.10. The van der Waals surface area contributed by atoms with Gasteiger partial charge in [-0.15, -0.1) is 0 Å². The second kappa shape index (κ2) is 6.07. The summed E-state index contributed by atoms with van der Waals surface area (Å²) in [7, 11) is 0. The summed E-state index contributed by atoms with van der Waals surface area (Å²) in [5.41, 5.74) is 7.33. The van der Waals surface area contributed by atoms with E-state index in [9.17, 15) is 4.79 Å². The largest absolute Gasteiger partial charge is 0.493 e. The van der Waals surface area contributed by atoms with Gasteiger partial charge in [-0.3, -0.25) is 4.79 Å². The molecule has 1 aliphatic heterocycles. The van der Waals surface area contributed by atoms with Gasteiger partial charge in [0.25, 0.3) is 0 Å². The second-order valence-electron chi connectivity index (χ2n) is 4.40. The van der Waals surface area contributed by atoms with E-state index in [2.05, 4.69) is 5.32 Å². The average Bonchev–Trinajstić information content (AvgIpc) is 2.75. The second-order valence-corrected chi connectivity index (χ2v) is 4.83. The number of primary amides is 1. The summed E-state index contributed by atoms with van der Waals surface area (Å²) in [4.78, 5) is 10.6. The first-order chi connectivity index (χ1) is 8.66. The third-order valence-electron chi connectivity index (χ3n) is 2.92. The fourth-order valence-electron chi connectivity index (χ4n) is 2.09. The Morgan fingerprint density at radius 1 is 1.50 bits per heavy atom. The van der Waals surface area contributed by atoms with Gasteiger partial charge in [-0.1, -0.05) is 11.6 Å². The molecule has 0 aromatic heterocycles. The highest BCUT2D eigenvalue weighted by atomic mass is 35.5. The lowest BCUT2D eigenvalue weighted by molar-refractivity contribution is -0.118. The number of carbonyl (C=O) groups is 1. The summed E-state index contributed by atoms with van der Waals surface area (Å²) >= 11 is 6.07. The van der Waals surface area contributed by atoms with E-state index >= 15 is 0 Å². The smallest absolute Gasteiger partial charge is 0.217 e. The van der Waals surface area contributed by atoms with E-state index in [0.29, 0.717) is 13.0 Å². The van der Waals surface area contributed by atoms with Crippen LogP contribution in [0.25, 0.3) is 0 Å². The molecule has 0 bridgehead atoms. The number of halogens is 1. The molecule has 1 amide bonds.